The van der Waals surface area contributed by atoms with E-state index in [2.05, 4.69) is 53.6 Å². The van der Waals surface area contributed by atoms with Crippen molar-refractivity contribution in [2.75, 3.05) is 6.54 Å². The van der Waals surface area contributed by atoms with Gasteiger partial charge in [0.05, 0.1) is 17.7 Å². The first-order valence-electron chi connectivity index (χ1n) is 11.6. The Balaban J connectivity index is 1.60. The van der Waals surface area contributed by atoms with Crippen LogP contribution < -0.4 is 5.32 Å². The Kier molecular flexibility index (Phi) is 6.65. The number of rotatable bonds is 4. The van der Waals surface area contributed by atoms with Gasteiger partial charge in [-0.1, -0.05) is 60.2 Å². The van der Waals surface area contributed by atoms with Crippen LogP contribution in [0.15, 0.2) is 64.6 Å². The van der Waals surface area contributed by atoms with E-state index in [4.69, 9.17) is 9.73 Å². The number of hydrogen-bond acceptors (Lipinski definition) is 5. The zero-order chi connectivity index (χ0) is 24.3. The Bertz CT molecular complexity index is 1190. The number of dihydropyridines is 1. The van der Waals surface area contributed by atoms with Gasteiger partial charge in [-0.3, -0.25) is 9.98 Å². The van der Waals surface area contributed by atoms with E-state index in [1.165, 1.54) is 5.56 Å². The van der Waals surface area contributed by atoms with Crippen molar-refractivity contribution in [1.82, 2.24) is 5.32 Å². The molecule has 1 amide bonds. The van der Waals surface area contributed by atoms with E-state index < -0.39 is 11.7 Å². The van der Waals surface area contributed by atoms with E-state index in [1.807, 2.05) is 45.0 Å². The summed E-state index contributed by atoms with van der Waals surface area (Å²) in [4.78, 5) is 21.5. The number of fused-ring (bicyclic) bond motifs is 1. The van der Waals surface area contributed by atoms with Crippen LogP contribution in [0.5, 0.6) is 0 Å². The normalized spacial score (nSPS) is 19.7. The molecule has 1 N–H and O–H groups in total. The predicted molar refractivity (Wildman–Crippen MR) is 135 cm³/mol. The summed E-state index contributed by atoms with van der Waals surface area (Å²) in [5.41, 5.74) is 6.22. The molecular formula is C28H30N4O2. The SMILES string of the molecule is Cc1ccc(C2=CC3C(C#N)=NCCC3N=C2c2ccc(CNC(=O)OC(C)(C)C)cc2)cc1. The number of allylic oxidation sites excluding steroid dienone is 1. The fraction of sp³-hybridized carbons (Fsp3) is 0.357. The topological polar surface area (TPSA) is 86.8 Å². The largest absolute Gasteiger partial charge is 0.444 e. The summed E-state index contributed by atoms with van der Waals surface area (Å²) in [6.45, 7) is 8.60. The van der Waals surface area contributed by atoms with Gasteiger partial charge >= 0.3 is 6.09 Å². The van der Waals surface area contributed by atoms with E-state index in [0.29, 0.717) is 18.8 Å². The molecule has 2 aliphatic rings. The lowest BCUT2D eigenvalue weighted by Crippen LogP contribution is -2.34. The molecule has 0 aromatic heterocycles. The summed E-state index contributed by atoms with van der Waals surface area (Å²) in [5.74, 6) is -0.0869. The summed E-state index contributed by atoms with van der Waals surface area (Å²) in [6.07, 6.45) is 2.56. The van der Waals surface area contributed by atoms with Crippen LogP contribution in [0.2, 0.25) is 0 Å². The maximum Gasteiger partial charge on any atom is 0.407 e. The molecule has 0 saturated heterocycles. The lowest BCUT2D eigenvalue weighted by Gasteiger charge is -2.30. The molecule has 34 heavy (non-hydrogen) atoms. The van der Waals surface area contributed by atoms with Crippen molar-refractivity contribution < 1.29 is 9.53 Å². The molecule has 2 aliphatic heterocycles. The van der Waals surface area contributed by atoms with Gasteiger partial charge in [0.15, 0.2) is 0 Å². The average Bonchev–Trinajstić information content (AvgIpc) is 2.81. The second-order valence-electron chi connectivity index (χ2n) is 9.74. The van der Waals surface area contributed by atoms with Crippen LogP contribution in [0, 0.1) is 24.2 Å². The van der Waals surface area contributed by atoms with E-state index >= 15 is 0 Å². The third-order valence-electron chi connectivity index (χ3n) is 5.87. The van der Waals surface area contributed by atoms with Crippen molar-refractivity contribution in [2.45, 2.75) is 52.3 Å². The van der Waals surface area contributed by atoms with Crippen LogP contribution in [0.3, 0.4) is 0 Å². The molecule has 6 nitrogen and oxygen atoms in total. The summed E-state index contributed by atoms with van der Waals surface area (Å²) >= 11 is 0. The number of hydrogen-bond donors (Lipinski definition) is 1. The Morgan fingerprint density at radius 2 is 1.79 bits per heavy atom. The summed E-state index contributed by atoms with van der Waals surface area (Å²) in [6, 6.07) is 18.7. The molecule has 2 aromatic carbocycles. The fourth-order valence-corrected chi connectivity index (χ4v) is 4.19. The molecule has 0 saturated carbocycles. The van der Waals surface area contributed by atoms with Gasteiger partial charge in [-0.25, -0.2) is 4.79 Å². The van der Waals surface area contributed by atoms with Crippen molar-refractivity contribution in [2.24, 2.45) is 15.9 Å². The quantitative estimate of drug-likeness (QED) is 0.684. The summed E-state index contributed by atoms with van der Waals surface area (Å²) in [5, 5.41) is 12.4. The van der Waals surface area contributed by atoms with Crippen molar-refractivity contribution in [3.8, 4) is 6.07 Å². The van der Waals surface area contributed by atoms with Crippen molar-refractivity contribution in [3.63, 3.8) is 0 Å². The first-order valence-corrected chi connectivity index (χ1v) is 11.6. The monoisotopic (exact) mass is 454 g/mol. The Morgan fingerprint density at radius 3 is 2.44 bits per heavy atom. The summed E-state index contributed by atoms with van der Waals surface area (Å²) in [7, 11) is 0. The maximum atomic E-state index is 12.0. The number of carbonyl (C=O) groups is 1. The molecule has 6 heteroatoms. The molecule has 174 valence electrons. The number of aryl methyl sites for hydroxylation is 1. The molecular weight excluding hydrogens is 424 g/mol. The standard InChI is InChI=1S/C28H30N4O2/c1-18-5-9-20(10-6-18)22-15-23-24(13-14-30-25(23)16-29)32-26(22)21-11-7-19(8-12-21)17-31-27(33)34-28(2,3)4/h5-12,15,23-24H,13-14,17H2,1-4H3,(H,31,33). The molecule has 2 aromatic rings. The minimum absolute atomic E-state index is 0.0184. The molecule has 0 radical (unpaired) electrons. The molecule has 4 rings (SSSR count). The van der Waals surface area contributed by atoms with Crippen molar-refractivity contribution in [1.29, 1.82) is 5.26 Å². The molecule has 0 aliphatic carbocycles. The second kappa shape index (κ2) is 9.64. The minimum Gasteiger partial charge on any atom is -0.444 e. The van der Waals surface area contributed by atoms with Crippen molar-refractivity contribution in [3.05, 3.63) is 76.9 Å². The third-order valence-corrected chi connectivity index (χ3v) is 5.87. The molecule has 0 fully saturated rings. The Labute approximate surface area is 201 Å². The lowest BCUT2D eigenvalue weighted by molar-refractivity contribution is 0.0523. The predicted octanol–water partition coefficient (Wildman–Crippen LogP) is 5.26. The Hall–Kier alpha value is -3.72. The fourth-order valence-electron chi connectivity index (χ4n) is 4.19. The van der Waals surface area contributed by atoms with Gasteiger partial charge in [-0.2, -0.15) is 5.26 Å². The number of carbonyl (C=O) groups excluding carboxylic acids is 1. The van der Waals surface area contributed by atoms with Gasteiger partial charge in [0.2, 0.25) is 0 Å². The Morgan fingerprint density at radius 1 is 1.12 bits per heavy atom. The minimum atomic E-state index is -0.529. The highest BCUT2D eigenvalue weighted by Gasteiger charge is 2.33. The maximum absolute atomic E-state index is 12.0. The molecule has 0 bridgehead atoms. The van der Waals surface area contributed by atoms with Crippen LogP contribution >= 0.6 is 0 Å². The smallest absolute Gasteiger partial charge is 0.407 e. The number of aliphatic imine (C=N–C) groups is 2. The van der Waals surface area contributed by atoms with Crippen molar-refractivity contribution >= 4 is 23.1 Å². The lowest BCUT2D eigenvalue weighted by atomic mass is 9.81. The van der Waals surface area contributed by atoms with E-state index in [0.717, 1.165) is 34.4 Å². The van der Waals surface area contributed by atoms with Gasteiger partial charge in [-0.05, 0) is 45.2 Å². The number of benzene rings is 2. The second-order valence-corrected chi connectivity index (χ2v) is 9.74. The highest BCUT2D eigenvalue weighted by atomic mass is 16.6. The molecule has 2 heterocycles. The molecule has 2 atom stereocenters. The van der Waals surface area contributed by atoms with Crippen LogP contribution in [0.1, 0.15) is 49.4 Å². The number of nitrogens with one attached hydrogen (secondary N) is 1. The van der Waals surface area contributed by atoms with Gasteiger partial charge in [0.25, 0.3) is 0 Å². The van der Waals surface area contributed by atoms with Gasteiger partial charge in [0.1, 0.15) is 17.4 Å². The zero-order valence-corrected chi connectivity index (χ0v) is 20.1. The number of nitriles is 1. The third kappa shape index (κ3) is 5.43. The highest BCUT2D eigenvalue weighted by Crippen LogP contribution is 2.33. The van der Waals surface area contributed by atoms with Crippen LogP contribution in [0.4, 0.5) is 4.79 Å². The van der Waals surface area contributed by atoms with E-state index in [9.17, 15) is 10.1 Å². The highest BCUT2D eigenvalue weighted by molar-refractivity contribution is 6.33. The van der Waals surface area contributed by atoms with Gasteiger partial charge in [0, 0.05) is 24.2 Å². The average molecular weight is 455 g/mol. The number of ether oxygens (including phenoxy) is 1. The number of nitrogens with zero attached hydrogens (tertiary/aromatic N) is 3. The van der Waals surface area contributed by atoms with Crippen LogP contribution in [-0.4, -0.2) is 35.7 Å². The van der Waals surface area contributed by atoms with Crippen LogP contribution in [0.25, 0.3) is 5.57 Å². The number of alkyl carbamates (subject to hydrolysis) is 1. The molecule has 0 spiro atoms. The van der Waals surface area contributed by atoms with Gasteiger partial charge in [-0.15, -0.1) is 0 Å². The first-order chi connectivity index (χ1) is 16.2. The van der Waals surface area contributed by atoms with E-state index in [1.54, 1.807) is 0 Å². The zero-order valence-electron chi connectivity index (χ0n) is 20.1. The number of amides is 1. The van der Waals surface area contributed by atoms with Gasteiger partial charge < -0.3 is 10.1 Å². The molecule has 2 unspecified atom stereocenters. The first kappa shape index (κ1) is 23.4. The van der Waals surface area contributed by atoms with E-state index in [-0.39, 0.29) is 12.0 Å². The van der Waals surface area contributed by atoms with Crippen LogP contribution in [-0.2, 0) is 11.3 Å². The summed E-state index contributed by atoms with van der Waals surface area (Å²) < 4.78 is 5.31.